The van der Waals surface area contributed by atoms with E-state index in [-0.39, 0.29) is 17.3 Å². The maximum absolute atomic E-state index is 12.7. The smallest absolute Gasteiger partial charge is 0.259 e. The Balaban J connectivity index is 2.04. The lowest BCUT2D eigenvalue weighted by atomic mass is 10.1. The standard InChI is InChI=1S/C15H12F4OS/c16-14-6-4-11(5-7-14)9-21(20)10-12-2-1-3-13(8-12)15(17,18)19/h1-8H,9-10H2/t21-/m0/s1. The van der Waals surface area contributed by atoms with Crippen LogP contribution < -0.4 is 0 Å². The molecule has 0 radical (unpaired) electrons. The van der Waals surface area contributed by atoms with Gasteiger partial charge in [-0.1, -0.05) is 30.3 Å². The second-order valence-corrected chi connectivity index (χ2v) is 6.01. The molecule has 1 nitrogen and oxygen atoms in total. The molecule has 0 amide bonds. The van der Waals surface area contributed by atoms with Gasteiger partial charge in [-0.25, -0.2) is 4.39 Å². The second-order valence-electron chi connectivity index (χ2n) is 4.55. The summed E-state index contributed by atoms with van der Waals surface area (Å²) in [4.78, 5) is 0. The molecule has 112 valence electrons. The molecule has 2 aromatic carbocycles. The summed E-state index contributed by atoms with van der Waals surface area (Å²) in [6, 6.07) is 10.3. The zero-order chi connectivity index (χ0) is 15.5. The van der Waals surface area contributed by atoms with E-state index in [1.807, 2.05) is 0 Å². The molecular weight excluding hydrogens is 304 g/mol. The summed E-state index contributed by atoms with van der Waals surface area (Å²) in [6.07, 6.45) is -4.41. The molecule has 2 rings (SSSR count). The van der Waals surface area contributed by atoms with Crippen LogP contribution in [0.25, 0.3) is 0 Å². The van der Waals surface area contributed by atoms with E-state index >= 15 is 0 Å². The largest absolute Gasteiger partial charge is 0.416 e. The minimum atomic E-state index is -4.41. The monoisotopic (exact) mass is 316 g/mol. The van der Waals surface area contributed by atoms with E-state index in [1.54, 1.807) is 0 Å². The van der Waals surface area contributed by atoms with Crippen molar-refractivity contribution in [1.82, 2.24) is 0 Å². The third kappa shape index (κ3) is 4.67. The summed E-state index contributed by atoms with van der Waals surface area (Å²) in [5, 5.41) is 0. The van der Waals surface area contributed by atoms with Gasteiger partial charge in [-0.3, -0.25) is 4.21 Å². The van der Waals surface area contributed by atoms with E-state index in [0.717, 1.165) is 12.1 Å². The molecule has 0 unspecified atom stereocenters. The molecule has 0 N–H and O–H groups in total. The predicted molar refractivity (Wildman–Crippen MR) is 73.4 cm³/mol. The maximum atomic E-state index is 12.7. The van der Waals surface area contributed by atoms with Crippen LogP contribution in [0.4, 0.5) is 17.6 Å². The summed E-state index contributed by atoms with van der Waals surface area (Å²) in [6.45, 7) is 0. The number of benzene rings is 2. The fraction of sp³-hybridized carbons (Fsp3) is 0.200. The third-order valence-corrected chi connectivity index (χ3v) is 4.13. The van der Waals surface area contributed by atoms with Gasteiger partial charge in [0.05, 0.1) is 5.56 Å². The Kier molecular flexibility index (Phi) is 4.77. The van der Waals surface area contributed by atoms with Crippen molar-refractivity contribution < 1.29 is 21.8 Å². The summed E-state index contributed by atoms with van der Waals surface area (Å²) in [7, 11) is -1.35. The van der Waals surface area contributed by atoms with E-state index in [1.165, 1.54) is 36.4 Å². The molecule has 0 aliphatic carbocycles. The van der Waals surface area contributed by atoms with Crippen LogP contribution in [0.1, 0.15) is 16.7 Å². The van der Waals surface area contributed by atoms with Crippen LogP contribution in [0, 0.1) is 5.82 Å². The zero-order valence-electron chi connectivity index (χ0n) is 10.9. The number of hydrogen-bond acceptors (Lipinski definition) is 1. The summed E-state index contributed by atoms with van der Waals surface area (Å²) in [5.41, 5.74) is 0.297. The second kappa shape index (κ2) is 6.39. The lowest BCUT2D eigenvalue weighted by Gasteiger charge is -2.08. The fourth-order valence-electron chi connectivity index (χ4n) is 1.84. The van der Waals surface area contributed by atoms with Crippen molar-refractivity contribution in [3.63, 3.8) is 0 Å². The van der Waals surface area contributed by atoms with Gasteiger partial charge in [-0.2, -0.15) is 13.2 Å². The lowest BCUT2D eigenvalue weighted by Crippen LogP contribution is -2.06. The Labute approximate surface area is 122 Å². The van der Waals surface area contributed by atoms with E-state index in [4.69, 9.17) is 0 Å². The number of alkyl halides is 3. The Morgan fingerprint density at radius 3 is 2.14 bits per heavy atom. The van der Waals surface area contributed by atoms with Crippen LogP contribution in [0.3, 0.4) is 0 Å². The topological polar surface area (TPSA) is 17.1 Å². The van der Waals surface area contributed by atoms with Crippen molar-refractivity contribution in [1.29, 1.82) is 0 Å². The van der Waals surface area contributed by atoms with Crippen molar-refractivity contribution in [2.45, 2.75) is 17.7 Å². The SMILES string of the molecule is O=[S@@](Cc1ccc(F)cc1)Cc1cccc(C(F)(F)F)c1. The van der Waals surface area contributed by atoms with Crippen LogP contribution >= 0.6 is 0 Å². The average molecular weight is 316 g/mol. The highest BCUT2D eigenvalue weighted by atomic mass is 32.2. The van der Waals surface area contributed by atoms with Crippen molar-refractivity contribution >= 4 is 10.8 Å². The number of hydrogen-bond donors (Lipinski definition) is 0. The first-order valence-corrected chi connectivity index (χ1v) is 7.59. The third-order valence-electron chi connectivity index (χ3n) is 2.82. The van der Waals surface area contributed by atoms with Crippen LogP contribution in [-0.4, -0.2) is 4.21 Å². The minimum Gasteiger partial charge on any atom is -0.259 e. The van der Waals surface area contributed by atoms with Crippen LogP contribution in [0.15, 0.2) is 48.5 Å². The van der Waals surface area contributed by atoms with Gasteiger partial charge >= 0.3 is 6.18 Å². The van der Waals surface area contributed by atoms with Gasteiger partial charge in [0, 0.05) is 22.3 Å². The Bertz CT molecular complexity index is 635. The maximum Gasteiger partial charge on any atom is 0.416 e. The van der Waals surface area contributed by atoms with Crippen LogP contribution in [0.2, 0.25) is 0 Å². The van der Waals surface area contributed by atoms with E-state index in [9.17, 15) is 21.8 Å². The molecule has 21 heavy (non-hydrogen) atoms. The molecule has 0 saturated carbocycles. The van der Waals surface area contributed by atoms with Crippen molar-refractivity contribution in [2.24, 2.45) is 0 Å². The first kappa shape index (κ1) is 15.7. The molecule has 0 bridgehead atoms. The molecule has 0 aliphatic rings. The van der Waals surface area contributed by atoms with Crippen LogP contribution in [-0.2, 0) is 28.5 Å². The Hall–Kier alpha value is -1.69. The van der Waals surface area contributed by atoms with Gasteiger partial charge in [-0.15, -0.1) is 0 Å². The van der Waals surface area contributed by atoms with Crippen molar-refractivity contribution in [3.05, 3.63) is 71.0 Å². The van der Waals surface area contributed by atoms with Gasteiger partial charge < -0.3 is 0 Å². The minimum absolute atomic E-state index is 0.0291. The molecule has 6 heteroatoms. The summed E-state index contributed by atoms with van der Waals surface area (Å²) < 4.78 is 62.4. The summed E-state index contributed by atoms with van der Waals surface area (Å²) in [5.74, 6) is -0.180. The molecule has 0 saturated heterocycles. The molecule has 0 fully saturated rings. The van der Waals surface area contributed by atoms with Gasteiger partial charge in [0.1, 0.15) is 5.82 Å². The highest BCUT2D eigenvalue weighted by molar-refractivity contribution is 7.83. The van der Waals surface area contributed by atoms with Gasteiger partial charge in [-0.05, 0) is 29.3 Å². The van der Waals surface area contributed by atoms with Crippen LogP contribution in [0.5, 0.6) is 0 Å². The fourth-order valence-corrected chi connectivity index (χ4v) is 3.06. The molecule has 0 aromatic heterocycles. The highest BCUT2D eigenvalue weighted by Gasteiger charge is 2.30. The number of halogens is 4. The first-order chi connectivity index (χ1) is 9.84. The molecular formula is C15H12F4OS. The van der Waals surface area contributed by atoms with Gasteiger partial charge in [0.2, 0.25) is 0 Å². The molecule has 0 spiro atoms. The quantitative estimate of drug-likeness (QED) is 0.769. The predicted octanol–water partition coefficient (Wildman–Crippen LogP) is 4.29. The van der Waals surface area contributed by atoms with Crippen molar-refractivity contribution in [2.75, 3.05) is 0 Å². The normalized spacial score (nSPS) is 13.1. The summed E-state index contributed by atoms with van der Waals surface area (Å²) >= 11 is 0. The van der Waals surface area contributed by atoms with Gasteiger partial charge in [0.25, 0.3) is 0 Å². The molecule has 1 atom stereocenters. The molecule has 0 heterocycles. The van der Waals surface area contributed by atoms with E-state index in [0.29, 0.717) is 11.1 Å². The average Bonchev–Trinajstić information content (AvgIpc) is 2.41. The number of rotatable bonds is 4. The zero-order valence-corrected chi connectivity index (χ0v) is 11.7. The Morgan fingerprint density at radius 1 is 0.905 bits per heavy atom. The molecule has 2 aromatic rings. The van der Waals surface area contributed by atoms with Crippen molar-refractivity contribution in [3.8, 4) is 0 Å². The highest BCUT2D eigenvalue weighted by Crippen LogP contribution is 2.29. The van der Waals surface area contributed by atoms with E-state index in [2.05, 4.69) is 0 Å². The Morgan fingerprint density at radius 2 is 1.52 bits per heavy atom. The van der Waals surface area contributed by atoms with Gasteiger partial charge in [0.15, 0.2) is 0 Å². The van der Waals surface area contributed by atoms with E-state index < -0.39 is 22.5 Å². The first-order valence-electron chi connectivity index (χ1n) is 6.10. The molecule has 0 aliphatic heterocycles. The lowest BCUT2D eigenvalue weighted by molar-refractivity contribution is -0.137.